The van der Waals surface area contributed by atoms with Crippen LogP contribution >= 0.6 is 0 Å². The van der Waals surface area contributed by atoms with Crippen LogP contribution in [0.2, 0.25) is 0 Å². The van der Waals surface area contributed by atoms with Gasteiger partial charge in [0.2, 0.25) is 0 Å². The Morgan fingerprint density at radius 1 is 1.24 bits per heavy atom. The molecule has 0 aliphatic carbocycles. The van der Waals surface area contributed by atoms with E-state index in [0.717, 1.165) is 42.3 Å². The van der Waals surface area contributed by atoms with Crippen LogP contribution in [-0.2, 0) is 6.54 Å². The molecule has 3 N–H and O–H groups in total. The molecule has 0 amide bonds. The number of aromatic nitrogens is 6. The lowest BCUT2D eigenvalue weighted by atomic mass is 9.98. The largest absolute Gasteiger partial charge is 0.322 e. The van der Waals surface area contributed by atoms with E-state index < -0.39 is 0 Å². The molecule has 0 aromatic carbocycles. The second kappa shape index (κ2) is 6.79. The Balaban J connectivity index is 1.54. The predicted molar refractivity (Wildman–Crippen MR) is 96.9 cm³/mol. The lowest BCUT2D eigenvalue weighted by Gasteiger charge is -2.22. The fraction of sp³-hybridized carbons (Fsp3) is 0.529. The molecule has 0 saturated carbocycles. The molecule has 0 bridgehead atoms. The molecular formula is C17H24N8. The summed E-state index contributed by atoms with van der Waals surface area (Å²) in [7, 11) is 0. The van der Waals surface area contributed by atoms with E-state index in [-0.39, 0.29) is 0 Å². The number of anilines is 2. The topological polar surface area (TPSA) is 96.3 Å². The SMILES string of the molecule is CC(C)c1cc(Nc2cnc3cnn(CC4CCNCC4)c3n2)n[nH]1. The van der Waals surface area contributed by atoms with Crippen LogP contribution in [0.4, 0.5) is 11.6 Å². The molecule has 1 aliphatic rings. The summed E-state index contributed by atoms with van der Waals surface area (Å²) in [5.74, 6) is 2.48. The fourth-order valence-corrected chi connectivity index (χ4v) is 3.18. The van der Waals surface area contributed by atoms with E-state index in [4.69, 9.17) is 4.98 Å². The van der Waals surface area contributed by atoms with Gasteiger partial charge in [0.05, 0.1) is 12.4 Å². The molecule has 1 fully saturated rings. The molecule has 3 aromatic rings. The predicted octanol–water partition coefficient (Wildman–Crippen LogP) is 2.42. The zero-order chi connectivity index (χ0) is 17.2. The van der Waals surface area contributed by atoms with Crippen LogP contribution in [0.15, 0.2) is 18.5 Å². The van der Waals surface area contributed by atoms with Crippen LogP contribution in [0.1, 0.15) is 38.3 Å². The molecule has 1 saturated heterocycles. The maximum absolute atomic E-state index is 4.71. The fourth-order valence-electron chi connectivity index (χ4n) is 3.18. The highest BCUT2D eigenvalue weighted by Gasteiger charge is 2.16. The maximum atomic E-state index is 4.71. The smallest absolute Gasteiger partial charge is 0.178 e. The minimum atomic E-state index is 0.406. The first-order valence-corrected chi connectivity index (χ1v) is 8.90. The minimum absolute atomic E-state index is 0.406. The molecule has 8 nitrogen and oxygen atoms in total. The molecule has 0 radical (unpaired) electrons. The number of fused-ring (bicyclic) bond motifs is 1. The number of nitrogens with zero attached hydrogens (tertiary/aromatic N) is 5. The Morgan fingerprint density at radius 2 is 2.08 bits per heavy atom. The second-order valence-electron chi connectivity index (χ2n) is 6.97. The molecule has 0 unspecified atom stereocenters. The monoisotopic (exact) mass is 340 g/mol. The molecule has 0 spiro atoms. The van der Waals surface area contributed by atoms with Crippen molar-refractivity contribution in [2.75, 3.05) is 18.4 Å². The van der Waals surface area contributed by atoms with Crippen LogP contribution in [0.3, 0.4) is 0 Å². The first kappa shape index (κ1) is 16.0. The molecular weight excluding hydrogens is 316 g/mol. The van der Waals surface area contributed by atoms with E-state index in [1.54, 1.807) is 12.4 Å². The molecule has 4 heterocycles. The highest BCUT2D eigenvalue weighted by atomic mass is 15.3. The quantitative estimate of drug-likeness (QED) is 0.660. The summed E-state index contributed by atoms with van der Waals surface area (Å²) >= 11 is 0. The normalized spacial score (nSPS) is 16.0. The summed E-state index contributed by atoms with van der Waals surface area (Å²) in [6, 6.07) is 2.00. The van der Waals surface area contributed by atoms with Gasteiger partial charge in [-0.1, -0.05) is 13.8 Å². The highest BCUT2D eigenvalue weighted by Crippen LogP contribution is 2.20. The van der Waals surface area contributed by atoms with Crippen molar-refractivity contribution < 1.29 is 0 Å². The Morgan fingerprint density at radius 3 is 2.84 bits per heavy atom. The average molecular weight is 340 g/mol. The van der Waals surface area contributed by atoms with Crippen molar-refractivity contribution in [3.63, 3.8) is 0 Å². The van der Waals surface area contributed by atoms with Crippen molar-refractivity contribution in [3.8, 4) is 0 Å². The van der Waals surface area contributed by atoms with Gasteiger partial charge in [-0.05, 0) is 37.8 Å². The lowest BCUT2D eigenvalue weighted by molar-refractivity contribution is 0.324. The number of H-pyrrole nitrogens is 1. The summed E-state index contributed by atoms with van der Waals surface area (Å²) in [6.07, 6.45) is 5.87. The number of hydrogen-bond acceptors (Lipinski definition) is 6. The zero-order valence-electron chi connectivity index (χ0n) is 14.7. The summed E-state index contributed by atoms with van der Waals surface area (Å²) in [5, 5.41) is 18.4. The molecule has 132 valence electrons. The van der Waals surface area contributed by atoms with Crippen LogP contribution in [0.5, 0.6) is 0 Å². The first-order valence-electron chi connectivity index (χ1n) is 8.90. The second-order valence-corrected chi connectivity index (χ2v) is 6.97. The van der Waals surface area contributed by atoms with Crippen molar-refractivity contribution in [2.24, 2.45) is 5.92 Å². The van der Waals surface area contributed by atoms with Gasteiger partial charge in [-0.25, -0.2) is 14.6 Å². The maximum Gasteiger partial charge on any atom is 0.178 e. The van der Waals surface area contributed by atoms with Crippen molar-refractivity contribution in [2.45, 2.75) is 39.2 Å². The summed E-state index contributed by atoms with van der Waals surface area (Å²) in [5.41, 5.74) is 2.74. The van der Waals surface area contributed by atoms with E-state index in [9.17, 15) is 0 Å². The standard InChI is InChI=1S/C17H24N8/c1-11(2)13-7-15(24-23-13)21-16-9-19-14-8-20-25(17(14)22-16)10-12-3-5-18-6-4-12/h7-9,11-12,18H,3-6,10H2,1-2H3,(H2,21,22,23,24). The summed E-state index contributed by atoms with van der Waals surface area (Å²) in [4.78, 5) is 9.18. The third kappa shape index (κ3) is 3.48. The molecule has 3 aromatic heterocycles. The van der Waals surface area contributed by atoms with Crippen molar-refractivity contribution in [3.05, 3.63) is 24.2 Å². The van der Waals surface area contributed by atoms with Crippen LogP contribution < -0.4 is 10.6 Å². The number of nitrogens with one attached hydrogen (secondary N) is 3. The Labute approximate surface area is 146 Å². The molecule has 0 atom stereocenters. The van der Waals surface area contributed by atoms with Gasteiger partial charge >= 0.3 is 0 Å². The lowest BCUT2D eigenvalue weighted by Crippen LogP contribution is -2.30. The third-order valence-electron chi connectivity index (χ3n) is 4.71. The van der Waals surface area contributed by atoms with E-state index in [0.29, 0.717) is 17.7 Å². The van der Waals surface area contributed by atoms with Crippen molar-refractivity contribution >= 4 is 22.8 Å². The summed E-state index contributed by atoms with van der Waals surface area (Å²) < 4.78 is 1.98. The Bertz CT molecular complexity index is 843. The van der Waals surface area contributed by atoms with Crippen LogP contribution in [0, 0.1) is 5.92 Å². The van der Waals surface area contributed by atoms with E-state index in [1.807, 2.05) is 10.7 Å². The van der Waals surface area contributed by atoms with Gasteiger partial charge in [0.1, 0.15) is 5.52 Å². The third-order valence-corrected chi connectivity index (χ3v) is 4.71. The van der Waals surface area contributed by atoms with Crippen molar-refractivity contribution in [1.29, 1.82) is 0 Å². The number of aromatic amines is 1. The van der Waals surface area contributed by atoms with E-state index in [2.05, 4.69) is 44.8 Å². The Kier molecular flexibility index (Phi) is 4.35. The molecule has 4 rings (SSSR count). The van der Waals surface area contributed by atoms with E-state index in [1.165, 1.54) is 12.8 Å². The molecule has 1 aliphatic heterocycles. The van der Waals surface area contributed by atoms with Gasteiger partial charge in [0.15, 0.2) is 17.3 Å². The molecule has 8 heteroatoms. The van der Waals surface area contributed by atoms with Crippen LogP contribution in [-0.4, -0.2) is 43.0 Å². The van der Waals surface area contributed by atoms with Gasteiger partial charge in [0, 0.05) is 18.3 Å². The summed E-state index contributed by atoms with van der Waals surface area (Å²) in [6.45, 7) is 7.31. The average Bonchev–Trinajstić information content (AvgIpc) is 3.24. The van der Waals surface area contributed by atoms with Gasteiger partial charge in [0.25, 0.3) is 0 Å². The number of piperidine rings is 1. The zero-order valence-corrected chi connectivity index (χ0v) is 14.7. The van der Waals surface area contributed by atoms with E-state index >= 15 is 0 Å². The van der Waals surface area contributed by atoms with Gasteiger partial charge in [-0.3, -0.25) is 5.10 Å². The van der Waals surface area contributed by atoms with Gasteiger partial charge in [-0.15, -0.1) is 0 Å². The van der Waals surface area contributed by atoms with Gasteiger partial charge in [-0.2, -0.15) is 10.2 Å². The highest BCUT2D eigenvalue weighted by molar-refractivity contribution is 5.71. The first-order chi connectivity index (χ1) is 12.2. The Hall–Kier alpha value is -2.48. The molecule has 25 heavy (non-hydrogen) atoms. The minimum Gasteiger partial charge on any atom is -0.322 e. The van der Waals surface area contributed by atoms with Crippen LogP contribution in [0.25, 0.3) is 11.2 Å². The number of rotatable bonds is 5. The van der Waals surface area contributed by atoms with Crippen molar-refractivity contribution in [1.82, 2.24) is 35.3 Å². The number of hydrogen-bond donors (Lipinski definition) is 3. The van der Waals surface area contributed by atoms with Gasteiger partial charge < -0.3 is 10.6 Å².